The van der Waals surface area contributed by atoms with Crippen molar-refractivity contribution >= 4 is 29.0 Å². The van der Waals surface area contributed by atoms with Gasteiger partial charge in [-0.3, -0.25) is 4.99 Å². The lowest BCUT2D eigenvalue weighted by atomic mass is 10.2. The van der Waals surface area contributed by atoms with Crippen LogP contribution in [0, 0.1) is 0 Å². The molecule has 2 heterocycles. The average molecular weight is 336 g/mol. The molecule has 0 bridgehead atoms. The fourth-order valence-corrected chi connectivity index (χ4v) is 2.65. The Morgan fingerprint density at radius 3 is 2.91 bits per heavy atom. The number of ether oxygens (including phenoxy) is 1. The predicted octanol–water partition coefficient (Wildman–Crippen LogP) is 3.71. The Morgan fingerprint density at radius 2 is 2.14 bits per heavy atom. The third kappa shape index (κ3) is 3.51. The van der Waals surface area contributed by atoms with E-state index in [1.54, 1.807) is 18.3 Å². The van der Waals surface area contributed by atoms with E-state index in [4.69, 9.17) is 27.9 Å². The highest BCUT2D eigenvalue weighted by Crippen LogP contribution is 2.23. The van der Waals surface area contributed by atoms with Crippen molar-refractivity contribution in [1.29, 1.82) is 0 Å². The number of amidine groups is 1. The summed E-state index contributed by atoms with van der Waals surface area (Å²) in [7, 11) is 0. The van der Waals surface area contributed by atoms with Gasteiger partial charge in [0.1, 0.15) is 12.4 Å². The molecule has 1 aromatic carbocycles. The van der Waals surface area contributed by atoms with Crippen LogP contribution >= 0.6 is 23.2 Å². The average Bonchev–Trinajstić information content (AvgIpc) is 2.55. The number of rotatable bonds is 4. The maximum absolute atomic E-state index is 6.16. The summed E-state index contributed by atoms with van der Waals surface area (Å²) < 4.78 is 5.84. The molecule has 0 fully saturated rings. The maximum atomic E-state index is 6.16. The highest BCUT2D eigenvalue weighted by Gasteiger charge is 2.14. The molecule has 0 radical (unpaired) electrons. The van der Waals surface area contributed by atoms with Crippen molar-refractivity contribution in [2.75, 3.05) is 13.1 Å². The van der Waals surface area contributed by atoms with Crippen molar-refractivity contribution in [1.82, 2.24) is 10.3 Å². The van der Waals surface area contributed by atoms with Gasteiger partial charge in [-0.2, -0.15) is 0 Å². The van der Waals surface area contributed by atoms with E-state index in [2.05, 4.69) is 15.3 Å². The van der Waals surface area contributed by atoms with E-state index in [-0.39, 0.29) is 0 Å². The van der Waals surface area contributed by atoms with E-state index in [0.29, 0.717) is 22.5 Å². The maximum Gasteiger partial charge on any atom is 0.224 e. The van der Waals surface area contributed by atoms with Gasteiger partial charge in [0, 0.05) is 34.9 Å². The van der Waals surface area contributed by atoms with Crippen LogP contribution in [-0.4, -0.2) is 23.9 Å². The molecular formula is C16H15Cl2N3O. The molecule has 0 saturated heterocycles. The highest BCUT2D eigenvalue weighted by molar-refractivity contribution is 6.35. The standard InChI is InChI=1S/C16H15Cl2N3O/c17-12-5-4-11(14(18)9-12)10-22-16-13(3-1-6-21-16)15-19-7-2-8-20-15/h1,3-6,9H,2,7-8,10H2,(H,19,20). The van der Waals surface area contributed by atoms with Crippen molar-refractivity contribution in [2.45, 2.75) is 13.0 Å². The van der Waals surface area contributed by atoms with Gasteiger partial charge in [-0.25, -0.2) is 4.98 Å². The third-order valence-electron chi connectivity index (χ3n) is 3.30. The van der Waals surface area contributed by atoms with E-state index in [9.17, 15) is 0 Å². The number of nitrogens with zero attached hydrogens (tertiary/aromatic N) is 2. The fraction of sp³-hybridized carbons (Fsp3) is 0.250. The molecule has 6 heteroatoms. The summed E-state index contributed by atoms with van der Waals surface area (Å²) >= 11 is 12.1. The first-order chi connectivity index (χ1) is 10.7. The number of benzene rings is 1. The van der Waals surface area contributed by atoms with E-state index in [0.717, 1.165) is 36.5 Å². The third-order valence-corrected chi connectivity index (χ3v) is 3.89. The van der Waals surface area contributed by atoms with Crippen LogP contribution in [0.5, 0.6) is 5.88 Å². The van der Waals surface area contributed by atoms with E-state index < -0.39 is 0 Å². The van der Waals surface area contributed by atoms with Gasteiger partial charge in [0.25, 0.3) is 0 Å². The molecule has 3 rings (SSSR count). The summed E-state index contributed by atoms with van der Waals surface area (Å²) in [6.45, 7) is 2.06. The molecule has 4 nitrogen and oxygen atoms in total. The molecule has 1 aliphatic heterocycles. The van der Waals surface area contributed by atoms with Gasteiger partial charge in [0.05, 0.1) is 5.56 Å². The molecule has 0 amide bonds. The van der Waals surface area contributed by atoms with Crippen molar-refractivity contribution in [2.24, 2.45) is 4.99 Å². The van der Waals surface area contributed by atoms with Gasteiger partial charge in [0.2, 0.25) is 5.88 Å². The number of hydrogen-bond acceptors (Lipinski definition) is 4. The Bertz CT molecular complexity index is 704. The Morgan fingerprint density at radius 1 is 1.23 bits per heavy atom. The molecule has 0 spiro atoms. The highest BCUT2D eigenvalue weighted by atomic mass is 35.5. The molecule has 2 aromatic rings. The van der Waals surface area contributed by atoms with Gasteiger partial charge in [0.15, 0.2) is 0 Å². The minimum atomic E-state index is 0.327. The second kappa shape index (κ2) is 6.99. The number of hydrogen-bond donors (Lipinski definition) is 1. The number of nitrogens with one attached hydrogen (secondary N) is 1. The van der Waals surface area contributed by atoms with E-state index in [1.807, 2.05) is 18.2 Å². The molecule has 0 atom stereocenters. The molecule has 22 heavy (non-hydrogen) atoms. The SMILES string of the molecule is Clc1ccc(COc2ncccc2C2=NCCCN2)c(Cl)c1. The zero-order chi connectivity index (χ0) is 15.4. The van der Waals surface area contributed by atoms with Gasteiger partial charge < -0.3 is 10.1 Å². The lowest BCUT2D eigenvalue weighted by molar-refractivity contribution is 0.293. The molecule has 0 saturated carbocycles. The summed E-state index contributed by atoms with van der Waals surface area (Å²) in [5.41, 5.74) is 1.73. The number of pyridine rings is 1. The monoisotopic (exact) mass is 335 g/mol. The summed E-state index contributed by atoms with van der Waals surface area (Å²) in [5, 5.41) is 4.47. The van der Waals surface area contributed by atoms with Crippen molar-refractivity contribution in [3.8, 4) is 5.88 Å². The first kappa shape index (κ1) is 15.1. The quantitative estimate of drug-likeness (QED) is 0.926. The van der Waals surface area contributed by atoms with Crippen molar-refractivity contribution < 1.29 is 4.74 Å². The largest absolute Gasteiger partial charge is 0.472 e. The zero-order valence-corrected chi connectivity index (χ0v) is 13.4. The lowest BCUT2D eigenvalue weighted by Gasteiger charge is -2.17. The van der Waals surface area contributed by atoms with Crippen LogP contribution in [0.15, 0.2) is 41.5 Å². The second-order valence-electron chi connectivity index (χ2n) is 4.89. The fourth-order valence-electron chi connectivity index (χ4n) is 2.18. The van der Waals surface area contributed by atoms with Crippen LogP contribution in [0.2, 0.25) is 10.0 Å². The van der Waals surface area contributed by atoms with Gasteiger partial charge >= 0.3 is 0 Å². The summed E-state index contributed by atoms with van der Waals surface area (Å²) in [4.78, 5) is 8.79. The lowest BCUT2D eigenvalue weighted by Crippen LogP contribution is -2.30. The number of aliphatic imine (C=N–C) groups is 1. The first-order valence-corrected chi connectivity index (χ1v) is 7.80. The van der Waals surface area contributed by atoms with E-state index >= 15 is 0 Å². The summed E-state index contributed by atoms with van der Waals surface area (Å²) in [6.07, 6.45) is 2.74. The number of halogens is 2. The van der Waals surface area contributed by atoms with Crippen LogP contribution in [0.25, 0.3) is 0 Å². The molecular weight excluding hydrogens is 321 g/mol. The van der Waals surface area contributed by atoms with Crippen LogP contribution in [0.4, 0.5) is 0 Å². The summed E-state index contributed by atoms with van der Waals surface area (Å²) in [5.74, 6) is 1.37. The first-order valence-electron chi connectivity index (χ1n) is 7.04. The normalized spacial score (nSPS) is 14.2. The van der Waals surface area contributed by atoms with Crippen LogP contribution in [0.3, 0.4) is 0 Å². The Kier molecular flexibility index (Phi) is 4.80. The number of aromatic nitrogens is 1. The predicted molar refractivity (Wildman–Crippen MR) is 89.1 cm³/mol. The Balaban J connectivity index is 1.79. The Labute approximate surface area is 139 Å². The van der Waals surface area contributed by atoms with Crippen molar-refractivity contribution in [3.05, 3.63) is 57.7 Å². The minimum absolute atomic E-state index is 0.327. The molecule has 0 unspecified atom stereocenters. The van der Waals surface area contributed by atoms with Crippen LogP contribution in [-0.2, 0) is 6.61 Å². The minimum Gasteiger partial charge on any atom is -0.472 e. The molecule has 1 aliphatic rings. The van der Waals surface area contributed by atoms with E-state index in [1.165, 1.54) is 0 Å². The Hall–Kier alpha value is -1.78. The van der Waals surface area contributed by atoms with Gasteiger partial charge in [-0.1, -0.05) is 29.3 Å². The molecule has 1 aromatic heterocycles. The topological polar surface area (TPSA) is 46.5 Å². The zero-order valence-electron chi connectivity index (χ0n) is 11.9. The van der Waals surface area contributed by atoms with Crippen LogP contribution < -0.4 is 10.1 Å². The molecule has 1 N–H and O–H groups in total. The smallest absolute Gasteiger partial charge is 0.224 e. The van der Waals surface area contributed by atoms with Gasteiger partial charge in [-0.05, 0) is 30.7 Å². The molecule has 0 aliphatic carbocycles. The van der Waals surface area contributed by atoms with Crippen LogP contribution in [0.1, 0.15) is 17.5 Å². The van der Waals surface area contributed by atoms with Crippen molar-refractivity contribution in [3.63, 3.8) is 0 Å². The van der Waals surface area contributed by atoms with Gasteiger partial charge in [-0.15, -0.1) is 0 Å². The molecule has 114 valence electrons. The summed E-state index contributed by atoms with van der Waals surface area (Å²) in [6, 6.07) is 9.16. The second-order valence-corrected chi connectivity index (χ2v) is 5.73.